The molecule has 2 fully saturated rings. The molecule has 0 saturated carbocycles. The Hall–Kier alpha value is 1.77. The van der Waals surface area contributed by atoms with Crippen molar-refractivity contribution in [3.05, 3.63) is 0 Å². The first-order chi connectivity index (χ1) is 25.0. The molecule has 4 radical (unpaired) electrons. The lowest BCUT2D eigenvalue weighted by Crippen LogP contribution is -2.51. The lowest BCUT2D eigenvalue weighted by Gasteiger charge is -2.37. The van der Waals surface area contributed by atoms with Crippen LogP contribution in [0.4, 0.5) is 0 Å². The van der Waals surface area contributed by atoms with Crippen molar-refractivity contribution in [1.82, 2.24) is 0 Å². The molecule has 0 aromatic carbocycles. The Kier molecular flexibility index (Phi) is 25.7. The second-order valence-electron chi connectivity index (χ2n) is 16.7. The first kappa shape index (κ1) is 50.9. The molecule has 10 nitrogen and oxygen atoms in total. The molecule has 53 heavy (non-hydrogen) atoms. The van der Waals surface area contributed by atoms with Crippen molar-refractivity contribution in [2.24, 2.45) is 0 Å². The van der Waals surface area contributed by atoms with Gasteiger partial charge in [-0.15, -0.1) is 0 Å². The molecule has 2 aliphatic rings. The molecule has 7 unspecified atom stereocenters. The molecule has 0 aliphatic carbocycles. The monoisotopic (exact) mass is 916 g/mol. The standard InChI is InChI=1S/C33H80O10Si10/c1-13-14-15-17-24-29-52(11,38-45-37-44-26-21-16-18-25-30-53(12)40-47(5)34-33(3)35-48(6)41-53)43-50(8,9)27-22-19-20-23-28-51(10)36-32(2)31-46(4)39-49(7)42-51/h32-33,46-49H,13-31H2,1-12H3. The summed E-state index contributed by atoms with van der Waals surface area (Å²) in [6, 6.07) is 6.53. The first-order valence-electron chi connectivity index (χ1n) is 21.2. The maximum atomic E-state index is 7.09. The fourth-order valence-electron chi connectivity index (χ4n) is 7.67. The Labute approximate surface area is 342 Å². The number of rotatable bonds is 26. The fourth-order valence-corrected chi connectivity index (χ4v) is 38.8. The van der Waals surface area contributed by atoms with Gasteiger partial charge in [0.05, 0.1) is 0 Å². The van der Waals surface area contributed by atoms with Gasteiger partial charge in [-0.05, 0) is 109 Å². The third-order valence-electron chi connectivity index (χ3n) is 9.97. The first-order valence-corrected chi connectivity index (χ1v) is 42.5. The predicted molar refractivity (Wildman–Crippen MR) is 240 cm³/mol. The van der Waals surface area contributed by atoms with Crippen LogP contribution in [0.5, 0.6) is 0 Å². The minimum atomic E-state index is -2.32. The molecule has 0 amide bonds. The van der Waals surface area contributed by atoms with Crippen LogP contribution in [0.25, 0.3) is 0 Å². The summed E-state index contributed by atoms with van der Waals surface area (Å²) in [7, 11) is -14.2. The molecule has 2 aliphatic heterocycles. The van der Waals surface area contributed by atoms with E-state index >= 15 is 0 Å². The van der Waals surface area contributed by atoms with Crippen molar-refractivity contribution < 1.29 is 42.1 Å². The molecule has 0 spiro atoms. The van der Waals surface area contributed by atoms with Crippen LogP contribution in [0.1, 0.15) is 104 Å². The highest BCUT2D eigenvalue weighted by molar-refractivity contribution is 6.84. The second-order valence-corrected chi connectivity index (χ2v) is 42.6. The molecular weight excluding hydrogens is 837 g/mol. The molecule has 20 heteroatoms. The molecule has 0 N–H and O–H groups in total. The van der Waals surface area contributed by atoms with Gasteiger partial charge in [0.2, 0.25) is 9.76 Å². The summed E-state index contributed by atoms with van der Waals surface area (Å²) in [4.78, 5) is 0. The number of unbranched alkanes of at least 4 members (excludes halogenated alkanes) is 10. The topological polar surface area (TPSA) is 92.3 Å². The maximum Gasteiger partial charge on any atom is 0.411 e. The molecule has 0 bridgehead atoms. The van der Waals surface area contributed by atoms with Crippen LogP contribution >= 0.6 is 0 Å². The van der Waals surface area contributed by atoms with Crippen molar-refractivity contribution in [3.63, 3.8) is 0 Å². The average molecular weight is 918 g/mol. The van der Waals surface area contributed by atoms with E-state index in [0.717, 1.165) is 36.6 Å². The van der Waals surface area contributed by atoms with Gasteiger partial charge in [-0.25, -0.2) is 0 Å². The number of hydrogen-bond donors (Lipinski definition) is 0. The van der Waals surface area contributed by atoms with Crippen LogP contribution in [0.15, 0.2) is 0 Å². The van der Waals surface area contributed by atoms with Crippen LogP contribution < -0.4 is 0 Å². The normalized spacial score (nSPS) is 31.7. The smallest absolute Gasteiger partial charge is 0.411 e. The van der Waals surface area contributed by atoms with E-state index in [1.165, 1.54) is 83.1 Å². The Morgan fingerprint density at radius 1 is 0.698 bits per heavy atom. The van der Waals surface area contributed by atoms with E-state index < -0.39 is 70.9 Å². The van der Waals surface area contributed by atoms with Crippen molar-refractivity contribution in [2.75, 3.05) is 0 Å². The summed E-state index contributed by atoms with van der Waals surface area (Å²) in [6.45, 7) is 26.6. The highest BCUT2D eigenvalue weighted by Crippen LogP contribution is 2.29. The lowest BCUT2D eigenvalue weighted by molar-refractivity contribution is -0.0156. The van der Waals surface area contributed by atoms with Gasteiger partial charge in [-0.3, -0.25) is 0 Å². The van der Waals surface area contributed by atoms with Gasteiger partial charge in [0.15, 0.2) is 17.4 Å². The summed E-state index contributed by atoms with van der Waals surface area (Å²) >= 11 is 0. The van der Waals surface area contributed by atoms with Crippen LogP contribution in [0, 0.1) is 0 Å². The van der Waals surface area contributed by atoms with Gasteiger partial charge in [0.1, 0.15) is 6.29 Å². The molecule has 2 rings (SSSR count). The highest BCUT2D eigenvalue weighted by Gasteiger charge is 2.41. The molecule has 7 atom stereocenters. The molecule has 312 valence electrons. The van der Waals surface area contributed by atoms with Gasteiger partial charge in [0, 0.05) is 6.10 Å². The summed E-state index contributed by atoms with van der Waals surface area (Å²) in [5.74, 6) is 0. The van der Waals surface area contributed by atoms with Crippen LogP contribution in [-0.4, -0.2) is 103 Å². The van der Waals surface area contributed by atoms with E-state index in [-0.39, 0.29) is 22.4 Å². The van der Waals surface area contributed by atoms with Crippen LogP contribution in [0.2, 0.25) is 95.2 Å². The molecule has 2 saturated heterocycles. The van der Waals surface area contributed by atoms with Crippen molar-refractivity contribution in [3.8, 4) is 0 Å². The van der Waals surface area contributed by atoms with Crippen molar-refractivity contribution >= 4 is 90.7 Å². The molecule has 0 aromatic rings. The minimum absolute atomic E-state index is 0.0833. The summed E-state index contributed by atoms with van der Waals surface area (Å²) < 4.78 is 63.9. The van der Waals surface area contributed by atoms with Crippen LogP contribution in [0.3, 0.4) is 0 Å². The molecular formula is C33H80O10Si10. The highest BCUT2D eigenvalue weighted by atomic mass is 28.5. The van der Waals surface area contributed by atoms with Gasteiger partial charge in [0.25, 0.3) is 9.28 Å². The summed E-state index contributed by atoms with van der Waals surface area (Å²) in [5, 5.41) is 0. The van der Waals surface area contributed by atoms with Gasteiger partial charge in [-0.1, -0.05) is 90.4 Å². The molecule has 2 heterocycles. The van der Waals surface area contributed by atoms with Gasteiger partial charge < -0.3 is 42.1 Å². The Bertz CT molecular complexity index is 938. The third kappa shape index (κ3) is 23.8. The zero-order valence-corrected chi connectivity index (χ0v) is 46.6. The Morgan fingerprint density at radius 3 is 1.89 bits per heavy atom. The van der Waals surface area contributed by atoms with Crippen molar-refractivity contribution in [2.45, 2.75) is 212 Å². The van der Waals surface area contributed by atoms with Crippen molar-refractivity contribution in [1.29, 1.82) is 0 Å². The van der Waals surface area contributed by atoms with E-state index in [0.29, 0.717) is 9.76 Å². The molecule has 0 aromatic heterocycles. The van der Waals surface area contributed by atoms with E-state index in [9.17, 15) is 0 Å². The van der Waals surface area contributed by atoms with Crippen LogP contribution in [-0.2, 0) is 42.1 Å². The van der Waals surface area contributed by atoms with Gasteiger partial charge in [-0.2, -0.15) is 0 Å². The summed E-state index contributed by atoms with van der Waals surface area (Å²) in [6.07, 6.45) is 16.0. The second kappa shape index (κ2) is 26.8. The SMILES string of the molecule is CCCCCCC[Si](C)(O[Si]O[Si]CCCCCC[Si]1(C)O[SiH](C)OC(C)O[SiH](C)O1)O[Si](C)(C)CCCCCC[Si]1(C)OC(C)C[SiH](C)O[SiH](C)O1. The Balaban J connectivity index is 1.68. The largest absolute Gasteiger partial charge is 0.441 e. The van der Waals surface area contributed by atoms with E-state index in [1.54, 1.807) is 0 Å². The van der Waals surface area contributed by atoms with Gasteiger partial charge >= 0.3 is 54.3 Å². The zero-order chi connectivity index (χ0) is 39.4. The maximum absolute atomic E-state index is 7.09. The Morgan fingerprint density at radius 2 is 1.25 bits per heavy atom. The lowest BCUT2D eigenvalue weighted by atomic mass is 10.2. The summed E-state index contributed by atoms with van der Waals surface area (Å²) in [5.41, 5.74) is 0. The third-order valence-corrected chi connectivity index (χ3v) is 39.9. The average Bonchev–Trinajstić information content (AvgIpc) is 3.01. The predicted octanol–water partition coefficient (Wildman–Crippen LogP) is 8.90. The quantitative estimate of drug-likeness (QED) is 0.0619. The van der Waals surface area contributed by atoms with E-state index in [1.807, 2.05) is 6.92 Å². The fraction of sp³-hybridized carbons (Fsp3) is 1.00. The van der Waals surface area contributed by atoms with E-state index in [4.69, 9.17) is 42.1 Å². The minimum Gasteiger partial charge on any atom is -0.441 e. The van der Waals surface area contributed by atoms with E-state index in [2.05, 4.69) is 72.8 Å². The zero-order valence-electron chi connectivity index (χ0n) is 36.0. The number of hydrogen-bond acceptors (Lipinski definition) is 10.